The van der Waals surface area contributed by atoms with E-state index in [2.05, 4.69) is 10.0 Å². The van der Waals surface area contributed by atoms with Gasteiger partial charge in [0.15, 0.2) is 0 Å². The van der Waals surface area contributed by atoms with Gasteiger partial charge in [0, 0.05) is 23.4 Å². The van der Waals surface area contributed by atoms with E-state index < -0.39 is 15.9 Å². The normalized spacial score (nSPS) is 11.3. The van der Waals surface area contributed by atoms with E-state index in [0.717, 1.165) is 0 Å². The minimum Gasteiger partial charge on any atom is -0.497 e. The molecule has 2 N–H and O–H groups in total. The fraction of sp³-hybridized carbons (Fsp3) is 0.316. The maximum absolute atomic E-state index is 12.6. The van der Waals surface area contributed by atoms with Crippen LogP contribution >= 0.6 is 0 Å². The van der Waals surface area contributed by atoms with Gasteiger partial charge in [0.05, 0.1) is 13.7 Å². The van der Waals surface area contributed by atoms with E-state index in [1.165, 1.54) is 25.3 Å². The molecule has 0 heterocycles. The Balaban J connectivity index is 2.36. The van der Waals surface area contributed by atoms with Crippen LogP contribution in [0.5, 0.6) is 11.5 Å². The summed E-state index contributed by atoms with van der Waals surface area (Å²) in [6.45, 7) is 5.50. The van der Waals surface area contributed by atoms with Crippen molar-refractivity contribution in [3.8, 4) is 11.5 Å². The van der Waals surface area contributed by atoms with Gasteiger partial charge < -0.3 is 14.8 Å². The van der Waals surface area contributed by atoms with E-state index in [4.69, 9.17) is 9.47 Å². The molecule has 0 saturated heterocycles. The molecule has 27 heavy (non-hydrogen) atoms. The van der Waals surface area contributed by atoms with Crippen LogP contribution in [0.2, 0.25) is 0 Å². The largest absolute Gasteiger partial charge is 0.497 e. The van der Waals surface area contributed by atoms with Crippen LogP contribution in [0.1, 0.15) is 31.1 Å². The Morgan fingerprint density at radius 2 is 1.89 bits per heavy atom. The third-order valence-electron chi connectivity index (χ3n) is 3.51. The lowest BCUT2D eigenvalue weighted by molar-refractivity contribution is 0.102. The molecule has 0 spiro atoms. The Morgan fingerprint density at radius 1 is 1.15 bits per heavy atom. The Labute approximate surface area is 159 Å². The fourth-order valence-corrected chi connectivity index (χ4v) is 3.83. The molecular weight excluding hydrogens is 368 g/mol. The van der Waals surface area contributed by atoms with E-state index >= 15 is 0 Å². The van der Waals surface area contributed by atoms with Crippen LogP contribution < -0.4 is 19.5 Å². The maximum atomic E-state index is 12.6. The van der Waals surface area contributed by atoms with Gasteiger partial charge in [-0.3, -0.25) is 4.79 Å². The first-order valence-electron chi connectivity index (χ1n) is 8.51. The number of ether oxygens (including phenoxy) is 2. The van der Waals surface area contributed by atoms with Gasteiger partial charge in [-0.1, -0.05) is 6.07 Å². The molecule has 8 heteroatoms. The molecule has 0 radical (unpaired) electrons. The summed E-state index contributed by atoms with van der Waals surface area (Å²) in [7, 11) is -2.29. The van der Waals surface area contributed by atoms with Crippen LogP contribution in [-0.4, -0.2) is 34.1 Å². The molecule has 0 aliphatic rings. The average molecular weight is 392 g/mol. The molecule has 2 aromatic carbocycles. The Bertz CT molecular complexity index is 910. The van der Waals surface area contributed by atoms with Crippen molar-refractivity contribution in [1.82, 2.24) is 4.72 Å². The van der Waals surface area contributed by atoms with Crippen LogP contribution in [0.3, 0.4) is 0 Å². The maximum Gasteiger partial charge on any atom is 0.255 e. The third kappa shape index (κ3) is 5.45. The number of methoxy groups -OCH3 is 1. The van der Waals surface area contributed by atoms with E-state index in [-0.39, 0.29) is 22.3 Å². The van der Waals surface area contributed by atoms with Gasteiger partial charge >= 0.3 is 0 Å². The van der Waals surface area contributed by atoms with E-state index in [1.54, 1.807) is 45.0 Å². The molecule has 2 aromatic rings. The van der Waals surface area contributed by atoms with E-state index in [0.29, 0.717) is 18.0 Å². The lowest BCUT2D eigenvalue weighted by Gasteiger charge is -2.15. The number of amides is 1. The molecule has 146 valence electrons. The highest BCUT2D eigenvalue weighted by Crippen LogP contribution is 2.26. The molecule has 0 fully saturated rings. The van der Waals surface area contributed by atoms with Gasteiger partial charge in [0.25, 0.3) is 5.91 Å². The minimum atomic E-state index is -3.83. The first-order chi connectivity index (χ1) is 12.8. The van der Waals surface area contributed by atoms with Crippen LogP contribution in [0.15, 0.2) is 47.4 Å². The number of rotatable bonds is 8. The van der Waals surface area contributed by atoms with Crippen molar-refractivity contribution in [3.05, 3.63) is 48.0 Å². The standard InChI is InChI=1S/C19H24N2O5S/c1-5-26-17-10-9-14(11-18(17)27(23,24)21-13(2)3)19(22)20-15-7-6-8-16(12-15)25-4/h6-13,21H,5H2,1-4H3,(H,20,22). The van der Waals surface area contributed by atoms with E-state index in [9.17, 15) is 13.2 Å². The second-order valence-corrected chi connectivity index (χ2v) is 7.74. The summed E-state index contributed by atoms with van der Waals surface area (Å²) in [5.74, 6) is 0.361. The fourth-order valence-electron chi connectivity index (χ4n) is 2.41. The number of nitrogens with one attached hydrogen (secondary N) is 2. The summed E-state index contributed by atoms with van der Waals surface area (Å²) in [4.78, 5) is 12.5. The zero-order valence-corrected chi connectivity index (χ0v) is 16.6. The number of hydrogen-bond donors (Lipinski definition) is 2. The quantitative estimate of drug-likeness (QED) is 0.720. The highest BCUT2D eigenvalue weighted by atomic mass is 32.2. The Morgan fingerprint density at radius 3 is 2.52 bits per heavy atom. The lowest BCUT2D eigenvalue weighted by atomic mass is 10.2. The predicted octanol–water partition coefficient (Wildman–Crippen LogP) is 3.03. The van der Waals surface area contributed by atoms with Crippen molar-refractivity contribution in [2.75, 3.05) is 19.0 Å². The molecule has 7 nitrogen and oxygen atoms in total. The predicted molar refractivity (Wildman–Crippen MR) is 104 cm³/mol. The molecule has 0 aliphatic carbocycles. The molecule has 0 aliphatic heterocycles. The molecule has 1 amide bonds. The number of hydrogen-bond acceptors (Lipinski definition) is 5. The topological polar surface area (TPSA) is 93.7 Å². The molecule has 2 rings (SSSR count). The van der Waals surface area contributed by atoms with Gasteiger partial charge in [-0.15, -0.1) is 0 Å². The number of carbonyl (C=O) groups excluding carboxylic acids is 1. The molecular formula is C19H24N2O5S. The SMILES string of the molecule is CCOc1ccc(C(=O)Nc2cccc(OC)c2)cc1S(=O)(=O)NC(C)C. The van der Waals surface area contributed by atoms with Crippen molar-refractivity contribution < 1.29 is 22.7 Å². The average Bonchev–Trinajstić information content (AvgIpc) is 2.61. The van der Waals surface area contributed by atoms with Crippen molar-refractivity contribution in [2.24, 2.45) is 0 Å². The van der Waals surface area contributed by atoms with Crippen molar-refractivity contribution in [1.29, 1.82) is 0 Å². The molecule has 0 saturated carbocycles. The molecule has 0 aromatic heterocycles. The van der Waals surface area contributed by atoms with E-state index in [1.807, 2.05) is 0 Å². The highest BCUT2D eigenvalue weighted by molar-refractivity contribution is 7.89. The lowest BCUT2D eigenvalue weighted by Crippen LogP contribution is -2.30. The first kappa shape index (κ1) is 20.7. The Hall–Kier alpha value is -2.58. The summed E-state index contributed by atoms with van der Waals surface area (Å²) in [5, 5.41) is 2.73. The summed E-state index contributed by atoms with van der Waals surface area (Å²) >= 11 is 0. The summed E-state index contributed by atoms with van der Waals surface area (Å²) in [5.41, 5.74) is 0.739. The van der Waals surface area contributed by atoms with Crippen LogP contribution in [-0.2, 0) is 10.0 Å². The number of carbonyl (C=O) groups is 1. The first-order valence-corrected chi connectivity index (χ1v) is 9.99. The molecule has 0 atom stereocenters. The second-order valence-electron chi connectivity index (χ2n) is 6.06. The highest BCUT2D eigenvalue weighted by Gasteiger charge is 2.22. The smallest absolute Gasteiger partial charge is 0.255 e. The number of benzene rings is 2. The Kier molecular flexibility index (Phi) is 6.81. The number of anilines is 1. The van der Waals surface area contributed by atoms with Crippen LogP contribution in [0.4, 0.5) is 5.69 Å². The van der Waals surface area contributed by atoms with Gasteiger partial charge in [-0.2, -0.15) is 0 Å². The third-order valence-corrected chi connectivity index (χ3v) is 5.19. The van der Waals surface area contributed by atoms with Crippen LogP contribution in [0, 0.1) is 0 Å². The van der Waals surface area contributed by atoms with Crippen LogP contribution in [0.25, 0.3) is 0 Å². The van der Waals surface area contributed by atoms with Crippen molar-refractivity contribution in [2.45, 2.75) is 31.7 Å². The zero-order valence-electron chi connectivity index (χ0n) is 15.8. The molecule has 0 unspecified atom stereocenters. The van der Waals surface area contributed by atoms with Gasteiger partial charge in [-0.05, 0) is 51.1 Å². The monoisotopic (exact) mass is 392 g/mol. The zero-order chi connectivity index (χ0) is 20.0. The summed E-state index contributed by atoms with van der Waals surface area (Å²) in [6, 6.07) is 10.9. The van der Waals surface area contributed by atoms with Gasteiger partial charge in [0.2, 0.25) is 10.0 Å². The number of sulfonamides is 1. The summed E-state index contributed by atoms with van der Waals surface area (Å²) < 4.78 is 38.3. The second kappa shape index (κ2) is 8.88. The van der Waals surface area contributed by atoms with Crippen molar-refractivity contribution >= 4 is 21.6 Å². The van der Waals surface area contributed by atoms with Gasteiger partial charge in [0.1, 0.15) is 16.4 Å². The minimum absolute atomic E-state index is 0.0728. The van der Waals surface area contributed by atoms with Crippen molar-refractivity contribution in [3.63, 3.8) is 0 Å². The van der Waals surface area contributed by atoms with Gasteiger partial charge in [-0.25, -0.2) is 13.1 Å². The molecule has 0 bridgehead atoms. The summed E-state index contributed by atoms with van der Waals surface area (Å²) in [6.07, 6.45) is 0.